The fourth-order valence-corrected chi connectivity index (χ4v) is 3.62. The van der Waals surface area contributed by atoms with Crippen LogP contribution in [0.1, 0.15) is 29.1 Å². The van der Waals surface area contributed by atoms with Crippen LogP contribution in [0.3, 0.4) is 0 Å². The Morgan fingerprint density at radius 2 is 2.16 bits per heavy atom. The summed E-state index contributed by atoms with van der Waals surface area (Å²) in [6, 6.07) is 4.26. The van der Waals surface area contributed by atoms with Crippen LogP contribution >= 0.6 is 11.3 Å². The van der Waals surface area contributed by atoms with Gasteiger partial charge in [-0.15, -0.1) is 11.3 Å². The number of aromatic nitrogens is 2. The highest BCUT2D eigenvalue weighted by molar-refractivity contribution is 7.09. The topological polar surface area (TPSA) is 56.7 Å². The molecule has 0 atom stereocenters. The molecule has 3 rings (SSSR count). The van der Waals surface area contributed by atoms with Crippen LogP contribution < -0.4 is 10.2 Å². The largest absolute Gasteiger partial charge is 0.357 e. The monoisotopic (exact) mass is 358 g/mol. The third-order valence-corrected chi connectivity index (χ3v) is 5.15. The van der Waals surface area contributed by atoms with E-state index >= 15 is 0 Å². The predicted octanol–water partition coefficient (Wildman–Crippen LogP) is 2.65. The van der Waals surface area contributed by atoms with Gasteiger partial charge in [0.05, 0.1) is 17.2 Å². The summed E-state index contributed by atoms with van der Waals surface area (Å²) in [6.45, 7) is 5.73. The van der Waals surface area contributed by atoms with Crippen LogP contribution in [0.25, 0.3) is 0 Å². The second-order valence-corrected chi connectivity index (χ2v) is 7.40. The number of anilines is 1. The van der Waals surface area contributed by atoms with Crippen molar-refractivity contribution in [3.8, 4) is 0 Å². The Kier molecular flexibility index (Phi) is 5.86. The highest BCUT2D eigenvalue weighted by Gasteiger charge is 2.13. The highest BCUT2D eigenvalue weighted by atomic mass is 32.1. The summed E-state index contributed by atoms with van der Waals surface area (Å²) in [5, 5.41) is 6.59. The van der Waals surface area contributed by atoms with E-state index in [4.69, 9.17) is 0 Å². The first-order valence-corrected chi connectivity index (χ1v) is 9.56. The molecule has 0 radical (unpaired) electrons. The number of thiazole rings is 1. The van der Waals surface area contributed by atoms with Crippen molar-refractivity contribution < 1.29 is 0 Å². The number of aliphatic imine (C=N–C) groups is 1. The van der Waals surface area contributed by atoms with Crippen molar-refractivity contribution in [2.24, 2.45) is 4.99 Å². The van der Waals surface area contributed by atoms with Crippen LogP contribution in [0.15, 0.2) is 28.7 Å². The van der Waals surface area contributed by atoms with E-state index in [2.05, 4.69) is 47.6 Å². The van der Waals surface area contributed by atoms with Gasteiger partial charge >= 0.3 is 0 Å². The first kappa shape index (κ1) is 17.7. The van der Waals surface area contributed by atoms with Crippen LogP contribution in [0.2, 0.25) is 0 Å². The van der Waals surface area contributed by atoms with Crippen molar-refractivity contribution in [3.63, 3.8) is 0 Å². The summed E-state index contributed by atoms with van der Waals surface area (Å²) in [5.74, 6) is 1.94. The van der Waals surface area contributed by atoms with Gasteiger partial charge in [-0.05, 0) is 31.4 Å². The summed E-state index contributed by atoms with van der Waals surface area (Å²) in [7, 11) is 3.83. The summed E-state index contributed by atoms with van der Waals surface area (Å²) in [4.78, 5) is 17.9. The van der Waals surface area contributed by atoms with E-state index < -0.39 is 0 Å². The van der Waals surface area contributed by atoms with Crippen molar-refractivity contribution in [2.75, 3.05) is 32.1 Å². The molecule has 0 aromatic carbocycles. The van der Waals surface area contributed by atoms with Crippen molar-refractivity contribution in [1.29, 1.82) is 0 Å². The van der Waals surface area contributed by atoms with Crippen molar-refractivity contribution in [2.45, 2.75) is 32.9 Å². The molecule has 6 nitrogen and oxygen atoms in total. The molecular formula is C18H26N6S. The maximum absolute atomic E-state index is 4.60. The molecule has 1 aliphatic rings. The zero-order valence-corrected chi connectivity index (χ0v) is 16.0. The van der Waals surface area contributed by atoms with Gasteiger partial charge in [0.15, 0.2) is 5.96 Å². The first-order valence-electron chi connectivity index (χ1n) is 8.68. The Labute approximate surface area is 153 Å². The molecule has 1 saturated heterocycles. The minimum Gasteiger partial charge on any atom is -0.357 e. The predicted molar refractivity (Wildman–Crippen MR) is 104 cm³/mol. The molecule has 1 aliphatic heterocycles. The Hall–Kier alpha value is -2.15. The third kappa shape index (κ3) is 4.69. The summed E-state index contributed by atoms with van der Waals surface area (Å²) >= 11 is 1.68. The van der Waals surface area contributed by atoms with Gasteiger partial charge in [0.1, 0.15) is 5.82 Å². The van der Waals surface area contributed by atoms with E-state index in [1.165, 1.54) is 12.8 Å². The maximum atomic E-state index is 4.60. The minimum atomic E-state index is 0.709. The first-order chi connectivity index (χ1) is 12.2. The second-order valence-electron chi connectivity index (χ2n) is 6.33. The van der Waals surface area contributed by atoms with Gasteiger partial charge in [0, 0.05) is 45.3 Å². The number of guanidine groups is 1. The van der Waals surface area contributed by atoms with E-state index in [1.54, 1.807) is 18.4 Å². The number of rotatable bonds is 5. The molecule has 0 aliphatic carbocycles. The van der Waals surface area contributed by atoms with E-state index in [0.29, 0.717) is 6.54 Å². The van der Waals surface area contributed by atoms with Crippen molar-refractivity contribution >= 4 is 23.1 Å². The van der Waals surface area contributed by atoms with Gasteiger partial charge in [-0.2, -0.15) is 0 Å². The molecule has 7 heteroatoms. The number of aryl methyl sites for hydroxylation is 1. The molecule has 25 heavy (non-hydrogen) atoms. The fraction of sp³-hybridized carbons (Fsp3) is 0.500. The number of pyridine rings is 1. The summed E-state index contributed by atoms with van der Waals surface area (Å²) in [5.41, 5.74) is 2.23. The molecule has 0 amide bonds. The van der Waals surface area contributed by atoms with Gasteiger partial charge in [0.2, 0.25) is 0 Å². The molecule has 3 heterocycles. The lowest BCUT2D eigenvalue weighted by atomic mass is 10.3. The van der Waals surface area contributed by atoms with Crippen LogP contribution in [0.5, 0.6) is 0 Å². The van der Waals surface area contributed by atoms with Crippen molar-refractivity contribution in [1.82, 2.24) is 20.2 Å². The van der Waals surface area contributed by atoms with Gasteiger partial charge < -0.3 is 15.1 Å². The van der Waals surface area contributed by atoms with Gasteiger partial charge in [-0.3, -0.25) is 4.99 Å². The molecule has 0 spiro atoms. The van der Waals surface area contributed by atoms with Crippen LogP contribution in [-0.2, 0) is 13.1 Å². The van der Waals surface area contributed by atoms with Gasteiger partial charge in [0.25, 0.3) is 0 Å². The number of hydrogen-bond acceptors (Lipinski definition) is 5. The molecule has 1 N–H and O–H groups in total. The SMILES string of the molecule is CN=C(NCc1ccc(N2CCCC2)nc1)N(C)Cc1csc(C)n1. The normalized spacial score (nSPS) is 14.8. The third-order valence-electron chi connectivity index (χ3n) is 4.33. The lowest BCUT2D eigenvalue weighted by molar-refractivity contribution is 0.470. The molecule has 134 valence electrons. The minimum absolute atomic E-state index is 0.709. The highest BCUT2D eigenvalue weighted by Crippen LogP contribution is 2.17. The van der Waals surface area contributed by atoms with E-state index in [1.807, 2.05) is 20.2 Å². The lowest BCUT2D eigenvalue weighted by Gasteiger charge is -2.21. The Morgan fingerprint density at radius 3 is 2.76 bits per heavy atom. The second kappa shape index (κ2) is 8.29. The average molecular weight is 359 g/mol. The molecule has 1 fully saturated rings. The molecule has 0 bridgehead atoms. The van der Waals surface area contributed by atoms with Gasteiger partial charge in [-0.1, -0.05) is 6.07 Å². The number of hydrogen-bond donors (Lipinski definition) is 1. The summed E-state index contributed by atoms with van der Waals surface area (Å²) < 4.78 is 0. The van der Waals surface area contributed by atoms with E-state index in [-0.39, 0.29) is 0 Å². The quantitative estimate of drug-likeness (QED) is 0.658. The van der Waals surface area contributed by atoms with Crippen LogP contribution in [0, 0.1) is 6.92 Å². The zero-order valence-electron chi connectivity index (χ0n) is 15.2. The van der Waals surface area contributed by atoms with E-state index in [0.717, 1.165) is 47.7 Å². The summed E-state index contributed by atoms with van der Waals surface area (Å²) in [6.07, 6.45) is 4.50. The van der Waals surface area contributed by atoms with Crippen LogP contribution in [0.4, 0.5) is 5.82 Å². The molecule has 2 aromatic rings. The molecular weight excluding hydrogens is 332 g/mol. The molecule has 2 aromatic heterocycles. The Bertz CT molecular complexity index is 703. The molecule has 0 unspecified atom stereocenters. The fourth-order valence-electron chi connectivity index (χ4n) is 3.02. The van der Waals surface area contributed by atoms with Gasteiger partial charge in [-0.25, -0.2) is 9.97 Å². The smallest absolute Gasteiger partial charge is 0.194 e. The standard InChI is InChI=1S/C18H26N6S/c1-14-22-16(13-25-14)12-23(3)18(19-2)21-11-15-6-7-17(20-10-15)24-8-4-5-9-24/h6-7,10,13H,4-5,8-9,11-12H2,1-3H3,(H,19,21). The zero-order chi connectivity index (χ0) is 17.6. The number of nitrogens with one attached hydrogen (secondary N) is 1. The van der Waals surface area contributed by atoms with Crippen LogP contribution in [-0.4, -0.2) is 48.0 Å². The lowest BCUT2D eigenvalue weighted by Crippen LogP contribution is -2.38. The average Bonchev–Trinajstić information content (AvgIpc) is 3.28. The Balaban J connectivity index is 1.53. The Morgan fingerprint density at radius 1 is 1.36 bits per heavy atom. The van der Waals surface area contributed by atoms with E-state index in [9.17, 15) is 0 Å². The maximum Gasteiger partial charge on any atom is 0.194 e. The number of nitrogens with zero attached hydrogens (tertiary/aromatic N) is 5. The molecule has 0 saturated carbocycles. The van der Waals surface area contributed by atoms with Crippen molar-refractivity contribution in [3.05, 3.63) is 40.0 Å².